The van der Waals surface area contributed by atoms with Gasteiger partial charge in [-0.1, -0.05) is 0 Å². The average molecular weight is 895 g/mol. The fraction of sp³-hybridized carbons (Fsp3) is 0.941. The van der Waals surface area contributed by atoms with Gasteiger partial charge in [0.25, 0.3) is 0 Å². The monoisotopic (exact) mass is 894 g/mol. The molecule has 354 valence electrons. The molecule has 61 heavy (non-hydrogen) atoms. The zero-order valence-corrected chi connectivity index (χ0v) is 33.0. The molecule has 0 aliphatic carbocycles. The van der Waals surface area contributed by atoms with Gasteiger partial charge in [0.05, 0.1) is 32.5 Å². The summed E-state index contributed by atoms with van der Waals surface area (Å²) in [7, 11) is 0. The van der Waals surface area contributed by atoms with E-state index in [2.05, 4.69) is 10.6 Å². The minimum atomic E-state index is -2.13. The number of amides is 2. The van der Waals surface area contributed by atoms with Gasteiger partial charge >= 0.3 is 0 Å². The quantitative estimate of drug-likeness (QED) is 0.0770. The van der Waals surface area contributed by atoms with Crippen molar-refractivity contribution < 1.29 is 124 Å². The Morgan fingerprint density at radius 2 is 0.852 bits per heavy atom. The molecule has 5 fully saturated rings. The molecule has 5 saturated heterocycles. The van der Waals surface area contributed by atoms with Crippen LogP contribution in [-0.2, 0) is 52.2 Å². The fourth-order valence-electron chi connectivity index (χ4n) is 7.76. The van der Waals surface area contributed by atoms with Crippen LogP contribution >= 0.6 is 0 Å². The number of hydrogen-bond donors (Lipinski definition) is 16. The standard InChI is InChI=1S/C34H58N2O25/c1-8-17(43)21(47)23(49)32(53-8)61-29-25(51)27(14(7-40)57-34(29)60-28-16(36-10(3)42)30(52)54-12(5-38)19(28)45)58-31-15(35-9(2)41)20(46)26(13(6-39)56-31)59-33-24(50)22(48)18(44)11(4-37)55-33/h8,11-34,37-40,43-52H,4-7H2,1-3H3,(H,35,41)(H,36,42)/t8-,11+,12+,13+,14+,15+,16+,17+,18+,19-,20+,21+,22-,23-,24+,25-,26+,27-,28+,29+,30?,31?,32?,33?,34?/m0/s1. The second-order valence-electron chi connectivity index (χ2n) is 15.4. The van der Waals surface area contributed by atoms with E-state index in [1.807, 2.05) is 0 Å². The molecule has 25 atom stereocenters. The van der Waals surface area contributed by atoms with Gasteiger partial charge in [-0.05, 0) is 6.92 Å². The van der Waals surface area contributed by atoms with E-state index in [0.29, 0.717) is 0 Å². The Morgan fingerprint density at radius 3 is 1.41 bits per heavy atom. The summed E-state index contributed by atoms with van der Waals surface area (Å²) in [6, 6.07) is -3.26. The summed E-state index contributed by atoms with van der Waals surface area (Å²) in [5, 5.41) is 153. The maximum absolute atomic E-state index is 12.4. The van der Waals surface area contributed by atoms with E-state index in [4.69, 9.17) is 42.6 Å². The summed E-state index contributed by atoms with van der Waals surface area (Å²) >= 11 is 0. The average Bonchev–Trinajstić information content (AvgIpc) is 3.22. The van der Waals surface area contributed by atoms with E-state index >= 15 is 0 Å². The summed E-state index contributed by atoms with van der Waals surface area (Å²) < 4.78 is 51.7. The Balaban J connectivity index is 1.46. The van der Waals surface area contributed by atoms with Gasteiger partial charge in [0.1, 0.15) is 116 Å². The SMILES string of the molecule is CC(=O)N[C@H]1C(O[C@@H]2[C@H](O)[C@@H](OC3O[C@@H](C)[C@@H](O)[C@@H](O)[C@@H]3O)C(O[C@H]3[C@@H](O)[C@@H](CO)OC(O)[C@@H]3NC(C)=O)O[C@@H]2CO)O[C@H](CO)[C@@H](OC2O[C@H](CO)[C@@H](O)[C@H](O)[C@H]2O)[C@@H]1O. The highest BCUT2D eigenvalue weighted by molar-refractivity contribution is 5.73. The van der Waals surface area contributed by atoms with Crippen LogP contribution in [0.25, 0.3) is 0 Å². The van der Waals surface area contributed by atoms with Crippen LogP contribution in [0.1, 0.15) is 20.8 Å². The molecule has 5 rings (SSSR count). The van der Waals surface area contributed by atoms with Crippen LogP contribution < -0.4 is 10.6 Å². The minimum Gasteiger partial charge on any atom is -0.394 e. The molecule has 0 radical (unpaired) electrons. The lowest BCUT2D eigenvalue weighted by Crippen LogP contribution is -2.71. The molecule has 5 aliphatic heterocycles. The third kappa shape index (κ3) is 10.8. The maximum atomic E-state index is 12.4. The van der Waals surface area contributed by atoms with Gasteiger partial charge < -0.3 is 125 Å². The van der Waals surface area contributed by atoms with Crippen LogP contribution in [0.3, 0.4) is 0 Å². The number of hydrogen-bond acceptors (Lipinski definition) is 25. The molecular weight excluding hydrogens is 836 g/mol. The van der Waals surface area contributed by atoms with Gasteiger partial charge in [-0.2, -0.15) is 0 Å². The molecule has 5 unspecified atom stereocenters. The van der Waals surface area contributed by atoms with Crippen molar-refractivity contribution in [3.63, 3.8) is 0 Å². The third-order valence-electron chi connectivity index (χ3n) is 11.1. The van der Waals surface area contributed by atoms with Crippen molar-refractivity contribution in [2.45, 2.75) is 174 Å². The highest BCUT2D eigenvalue weighted by atomic mass is 16.8. The molecule has 0 aromatic heterocycles. The van der Waals surface area contributed by atoms with Crippen LogP contribution in [0.15, 0.2) is 0 Å². The van der Waals surface area contributed by atoms with Crippen LogP contribution in [-0.4, -0.2) is 263 Å². The molecule has 0 bridgehead atoms. The van der Waals surface area contributed by atoms with Gasteiger partial charge in [0.15, 0.2) is 31.5 Å². The number of nitrogens with one attached hydrogen (secondary N) is 2. The third-order valence-corrected chi connectivity index (χ3v) is 11.1. The molecule has 27 nitrogen and oxygen atoms in total. The second kappa shape index (κ2) is 21.3. The van der Waals surface area contributed by atoms with Crippen molar-refractivity contribution in [3.05, 3.63) is 0 Å². The first kappa shape index (κ1) is 50.0. The molecule has 0 aromatic rings. The molecule has 0 aromatic carbocycles. The normalized spacial score (nSPS) is 49.6. The Labute approximate surface area is 346 Å². The topological polar surface area (TPSA) is 424 Å². The van der Waals surface area contributed by atoms with Crippen molar-refractivity contribution in [2.75, 3.05) is 26.4 Å². The number of aliphatic hydroxyl groups excluding tert-OH is 14. The largest absolute Gasteiger partial charge is 0.394 e. The predicted octanol–water partition coefficient (Wildman–Crippen LogP) is -10.6. The Morgan fingerprint density at radius 1 is 0.426 bits per heavy atom. The first-order valence-electron chi connectivity index (χ1n) is 19.5. The molecule has 5 aliphatic rings. The Bertz CT molecular complexity index is 1420. The summed E-state index contributed by atoms with van der Waals surface area (Å²) in [6.45, 7) is -0.252. The van der Waals surface area contributed by atoms with E-state index < -0.39 is 192 Å². The summed E-state index contributed by atoms with van der Waals surface area (Å²) in [4.78, 5) is 24.6. The van der Waals surface area contributed by atoms with Crippen molar-refractivity contribution in [1.82, 2.24) is 10.6 Å². The van der Waals surface area contributed by atoms with Crippen LogP contribution in [0, 0.1) is 0 Å². The van der Waals surface area contributed by atoms with Gasteiger partial charge in [-0.15, -0.1) is 0 Å². The molecule has 2 amide bonds. The molecule has 0 spiro atoms. The molecule has 5 heterocycles. The lowest BCUT2D eigenvalue weighted by molar-refractivity contribution is -0.396. The van der Waals surface area contributed by atoms with E-state index in [9.17, 15) is 81.1 Å². The van der Waals surface area contributed by atoms with Crippen molar-refractivity contribution in [2.24, 2.45) is 0 Å². The van der Waals surface area contributed by atoms with Gasteiger partial charge in [-0.25, -0.2) is 0 Å². The van der Waals surface area contributed by atoms with Gasteiger partial charge in [-0.3, -0.25) is 9.59 Å². The van der Waals surface area contributed by atoms with Gasteiger partial charge in [0, 0.05) is 13.8 Å². The molecule has 0 saturated carbocycles. The van der Waals surface area contributed by atoms with E-state index in [0.717, 1.165) is 13.8 Å². The van der Waals surface area contributed by atoms with E-state index in [1.54, 1.807) is 0 Å². The van der Waals surface area contributed by atoms with Crippen molar-refractivity contribution in [3.8, 4) is 0 Å². The molecular formula is C34H58N2O25. The highest BCUT2D eigenvalue weighted by Gasteiger charge is 2.57. The number of carbonyl (C=O) groups is 2. The smallest absolute Gasteiger partial charge is 0.217 e. The maximum Gasteiger partial charge on any atom is 0.217 e. The lowest BCUT2D eigenvalue weighted by atomic mass is 9.94. The minimum absolute atomic E-state index is 0.735. The molecule has 27 heteroatoms. The highest BCUT2D eigenvalue weighted by Crippen LogP contribution is 2.36. The Kier molecular flexibility index (Phi) is 17.5. The van der Waals surface area contributed by atoms with E-state index in [-0.39, 0.29) is 0 Å². The lowest BCUT2D eigenvalue weighted by Gasteiger charge is -2.51. The summed E-state index contributed by atoms with van der Waals surface area (Å²) in [5.41, 5.74) is 0. The predicted molar refractivity (Wildman–Crippen MR) is 188 cm³/mol. The van der Waals surface area contributed by atoms with Gasteiger partial charge in [0.2, 0.25) is 11.8 Å². The zero-order valence-electron chi connectivity index (χ0n) is 33.0. The number of carbonyl (C=O) groups excluding carboxylic acids is 2. The Hall–Kier alpha value is -1.98. The van der Waals surface area contributed by atoms with Crippen LogP contribution in [0.4, 0.5) is 0 Å². The molecule has 16 N–H and O–H groups in total. The fourth-order valence-corrected chi connectivity index (χ4v) is 7.76. The second-order valence-corrected chi connectivity index (χ2v) is 15.4. The van der Waals surface area contributed by atoms with Crippen molar-refractivity contribution in [1.29, 1.82) is 0 Å². The van der Waals surface area contributed by atoms with Crippen LogP contribution in [0.5, 0.6) is 0 Å². The first-order valence-corrected chi connectivity index (χ1v) is 19.5. The first-order chi connectivity index (χ1) is 28.8. The number of aliphatic hydroxyl groups is 14. The summed E-state index contributed by atoms with van der Waals surface area (Å²) in [5.74, 6) is -1.53. The van der Waals surface area contributed by atoms with Crippen LogP contribution in [0.2, 0.25) is 0 Å². The van der Waals surface area contributed by atoms with Crippen molar-refractivity contribution >= 4 is 11.8 Å². The number of rotatable bonds is 14. The summed E-state index contributed by atoms with van der Waals surface area (Å²) in [6.07, 6.45) is -41.3. The zero-order chi connectivity index (χ0) is 45.2. The number of ether oxygens (including phenoxy) is 9. The van der Waals surface area contributed by atoms with E-state index in [1.165, 1.54) is 6.92 Å².